The summed E-state index contributed by atoms with van der Waals surface area (Å²) in [5, 5.41) is 0. The summed E-state index contributed by atoms with van der Waals surface area (Å²) in [6.45, 7) is 6.17. The van der Waals surface area contributed by atoms with Gasteiger partial charge in [0.2, 0.25) is 0 Å². The average Bonchev–Trinajstić information content (AvgIpc) is 2.50. The van der Waals surface area contributed by atoms with Crippen LogP contribution in [0.2, 0.25) is 0 Å². The van der Waals surface area contributed by atoms with Crippen molar-refractivity contribution in [3.8, 4) is 0 Å². The van der Waals surface area contributed by atoms with Gasteiger partial charge in [-0.1, -0.05) is 109 Å². The molecule has 0 amide bonds. The van der Waals surface area contributed by atoms with Crippen LogP contribution in [0.15, 0.2) is 12.2 Å². The van der Waals surface area contributed by atoms with Crippen LogP contribution in [0.1, 0.15) is 116 Å². The molecule has 0 saturated heterocycles. The Labute approximate surface area is 135 Å². The quantitative estimate of drug-likeness (QED) is 0.188. The fraction of sp³-hybridized carbons (Fsp3) is 0.857. The highest BCUT2D eigenvalue weighted by atomic mass is 14.0. The van der Waals surface area contributed by atoms with Crippen molar-refractivity contribution >= 4 is 0 Å². The van der Waals surface area contributed by atoms with Crippen LogP contribution in [-0.2, 0) is 0 Å². The first kappa shape index (κ1) is 20.7. The summed E-state index contributed by atoms with van der Waals surface area (Å²) in [5.41, 5.74) is 0. The van der Waals surface area contributed by atoms with Crippen LogP contribution in [0.5, 0.6) is 0 Å². The van der Waals surface area contributed by atoms with Gasteiger partial charge in [-0.25, -0.2) is 0 Å². The van der Waals surface area contributed by atoms with E-state index in [4.69, 9.17) is 0 Å². The van der Waals surface area contributed by atoms with Crippen molar-refractivity contribution < 1.29 is 0 Å². The SMILES string of the molecule is [CH2]CCCCCCCCCCCC=CCCCCCCC. The first-order valence-corrected chi connectivity index (χ1v) is 9.86. The third kappa shape index (κ3) is 19.7. The summed E-state index contributed by atoms with van der Waals surface area (Å²) < 4.78 is 0. The van der Waals surface area contributed by atoms with Gasteiger partial charge in [0.15, 0.2) is 0 Å². The van der Waals surface area contributed by atoms with Gasteiger partial charge in [0.1, 0.15) is 0 Å². The lowest BCUT2D eigenvalue weighted by molar-refractivity contribution is 0.561. The predicted octanol–water partition coefficient (Wildman–Crippen LogP) is 8.03. The molecule has 0 unspecified atom stereocenters. The van der Waals surface area contributed by atoms with Crippen molar-refractivity contribution in [3.05, 3.63) is 19.1 Å². The smallest absolute Gasteiger partial charge is 0.0351 e. The van der Waals surface area contributed by atoms with Crippen molar-refractivity contribution in [2.45, 2.75) is 116 Å². The van der Waals surface area contributed by atoms with Gasteiger partial charge in [-0.05, 0) is 25.7 Å². The largest absolute Gasteiger partial charge is 0.0885 e. The lowest BCUT2D eigenvalue weighted by atomic mass is 10.1. The Balaban J connectivity index is 3.01. The minimum absolute atomic E-state index is 1.12. The zero-order valence-corrected chi connectivity index (χ0v) is 14.9. The molecule has 0 saturated carbocycles. The molecule has 125 valence electrons. The molecule has 1 radical (unpaired) electrons. The molecule has 0 aliphatic rings. The molecule has 21 heavy (non-hydrogen) atoms. The van der Waals surface area contributed by atoms with E-state index < -0.39 is 0 Å². The minimum atomic E-state index is 1.12. The van der Waals surface area contributed by atoms with Crippen LogP contribution in [-0.4, -0.2) is 0 Å². The lowest BCUT2D eigenvalue weighted by Crippen LogP contribution is -1.81. The third-order valence-electron chi connectivity index (χ3n) is 4.26. The average molecular weight is 294 g/mol. The third-order valence-corrected chi connectivity index (χ3v) is 4.26. The van der Waals surface area contributed by atoms with E-state index in [1.807, 2.05) is 0 Å². The topological polar surface area (TPSA) is 0 Å². The van der Waals surface area contributed by atoms with Gasteiger partial charge in [0.25, 0.3) is 0 Å². The maximum Gasteiger partial charge on any atom is -0.0351 e. The molecule has 0 rings (SSSR count). The number of unbranched alkanes of at least 4 members (excludes halogenated alkanes) is 15. The van der Waals surface area contributed by atoms with E-state index >= 15 is 0 Å². The molecule has 0 nitrogen and oxygen atoms in total. The van der Waals surface area contributed by atoms with Crippen LogP contribution in [0.4, 0.5) is 0 Å². The Morgan fingerprint density at radius 3 is 1.33 bits per heavy atom. The number of hydrogen-bond donors (Lipinski definition) is 0. The maximum atomic E-state index is 3.89. The molecule has 0 aliphatic carbocycles. The Bertz CT molecular complexity index is 192. The Morgan fingerprint density at radius 2 is 0.905 bits per heavy atom. The van der Waals surface area contributed by atoms with Crippen LogP contribution in [0.25, 0.3) is 0 Å². The monoisotopic (exact) mass is 293 g/mol. The summed E-state index contributed by atoms with van der Waals surface area (Å²) in [6, 6.07) is 0. The number of hydrogen-bond acceptors (Lipinski definition) is 0. The molecule has 0 heteroatoms. The van der Waals surface area contributed by atoms with E-state index in [-0.39, 0.29) is 0 Å². The molecule has 0 N–H and O–H groups in total. The molecular weight excluding hydrogens is 252 g/mol. The summed E-state index contributed by atoms with van der Waals surface area (Å²) >= 11 is 0. The maximum absolute atomic E-state index is 3.89. The summed E-state index contributed by atoms with van der Waals surface area (Å²) in [5.74, 6) is 0. The summed E-state index contributed by atoms with van der Waals surface area (Å²) in [6.07, 6.45) is 28.3. The van der Waals surface area contributed by atoms with E-state index in [1.165, 1.54) is 103 Å². The Hall–Kier alpha value is -0.260. The second-order valence-electron chi connectivity index (χ2n) is 6.50. The number of allylic oxidation sites excluding steroid dienone is 2. The van der Waals surface area contributed by atoms with E-state index in [9.17, 15) is 0 Å². The first-order chi connectivity index (χ1) is 10.4. The fourth-order valence-corrected chi connectivity index (χ4v) is 2.78. The molecule has 0 aromatic carbocycles. The van der Waals surface area contributed by atoms with Gasteiger partial charge in [0, 0.05) is 0 Å². The van der Waals surface area contributed by atoms with Gasteiger partial charge in [-0.2, -0.15) is 0 Å². The zero-order valence-electron chi connectivity index (χ0n) is 14.9. The van der Waals surface area contributed by atoms with E-state index in [0.717, 1.165) is 6.42 Å². The first-order valence-electron chi connectivity index (χ1n) is 9.86. The van der Waals surface area contributed by atoms with Crippen LogP contribution in [0.3, 0.4) is 0 Å². The van der Waals surface area contributed by atoms with Crippen LogP contribution in [0, 0.1) is 6.92 Å². The van der Waals surface area contributed by atoms with E-state index in [2.05, 4.69) is 26.0 Å². The molecule has 0 spiro atoms. The number of rotatable bonds is 17. The van der Waals surface area contributed by atoms with Gasteiger partial charge >= 0.3 is 0 Å². The second-order valence-corrected chi connectivity index (χ2v) is 6.50. The zero-order chi connectivity index (χ0) is 15.4. The molecule has 0 aliphatic heterocycles. The van der Waals surface area contributed by atoms with Crippen LogP contribution < -0.4 is 0 Å². The fourth-order valence-electron chi connectivity index (χ4n) is 2.78. The highest BCUT2D eigenvalue weighted by Gasteiger charge is 1.92. The van der Waals surface area contributed by atoms with Crippen molar-refractivity contribution in [3.63, 3.8) is 0 Å². The van der Waals surface area contributed by atoms with Gasteiger partial charge in [-0.15, -0.1) is 0 Å². The van der Waals surface area contributed by atoms with Crippen molar-refractivity contribution in [1.82, 2.24) is 0 Å². The molecule has 0 heterocycles. The van der Waals surface area contributed by atoms with Gasteiger partial charge in [0.05, 0.1) is 0 Å². The Morgan fingerprint density at radius 1 is 0.524 bits per heavy atom. The van der Waals surface area contributed by atoms with Crippen molar-refractivity contribution in [1.29, 1.82) is 0 Å². The molecular formula is C21H41. The molecule has 0 fully saturated rings. The van der Waals surface area contributed by atoms with Crippen molar-refractivity contribution in [2.24, 2.45) is 0 Å². The van der Waals surface area contributed by atoms with Gasteiger partial charge in [-0.3, -0.25) is 0 Å². The van der Waals surface area contributed by atoms with Crippen LogP contribution >= 0.6 is 0 Å². The standard InChI is InChI=1S/C21H41/c1-3-5-7-9-11-13-15-17-19-21-20-18-16-14-12-10-8-6-4-2/h16,18H,1,3-15,17,19-21H2,2H3. The molecule has 0 aromatic rings. The lowest BCUT2D eigenvalue weighted by Gasteiger charge is -2.01. The van der Waals surface area contributed by atoms with E-state index in [0.29, 0.717) is 0 Å². The van der Waals surface area contributed by atoms with Crippen molar-refractivity contribution in [2.75, 3.05) is 0 Å². The highest BCUT2D eigenvalue weighted by molar-refractivity contribution is 4.81. The predicted molar refractivity (Wildman–Crippen MR) is 98.7 cm³/mol. The van der Waals surface area contributed by atoms with E-state index in [1.54, 1.807) is 0 Å². The Kier molecular flexibility index (Phi) is 19.5. The minimum Gasteiger partial charge on any atom is -0.0885 e. The normalized spacial score (nSPS) is 11.5. The highest BCUT2D eigenvalue weighted by Crippen LogP contribution is 2.11. The molecule has 0 aromatic heterocycles. The second kappa shape index (κ2) is 19.7. The summed E-state index contributed by atoms with van der Waals surface area (Å²) in [4.78, 5) is 0. The summed E-state index contributed by atoms with van der Waals surface area (Å²) in [7, 11) is 0. The van der Waals surface area contributed by atoms with Gasteiger partial charge < -0.3 is 0 Å². The molecule has 0 bridgehead atoms. The molecule has 0 atom stereocenters.